The Hall–Kier alpha value is -1.49. The number of rotatable bonds is 4. The second-order valence-corrected chi connectivity index (χ2v) is 6.86. The molecule has 0 radical (unpaired) electrons. The molecule has 0 aliphatic heterocycles. The Balaban J connectivity index is 2.20. The Morgan fingerprint density at radius 1 is 0.957 bits per heavy atom. The van der Waals surface area contributed by atoms with Crippen molar-refractivity contribution in [1.29, 1.82) is 0 Å². The number of hydrogen-bond acceptors (Lipinski definition) is 1. The molecule has 5 heteroatoms. The summed E-state index contributed by atoms with van der Waals surface area (Å²) in [5.41, 5.74) is 0.511. The molecule has 0 unspecified atom stereocenters. The maximum Gasteiger partial charge on any atom is 0.416 e. The van der Waals surface area contributed by atoms with Gasteiger partial charge in [-0.3, -0.25) is 0 Å². The molecule has 0 fully saturated rings. The van der Waals surface area contributed by atoms with Gasteiger partial charge in [-0.05, 0) is 53.8 Å². The normalized spacial score (nSPS) is 12.3. The van der Waals surface area contributed by atoms with Gasteiger partial charge in [-0.1, -0.05) is 42.8 Å². The molecule has 0 atom stereocenters. The minimum Gasteiger partial charge on any atom is -0.457 e. The van der Waals surface area contributed by atoms with E-state index in [0.29, 0.717) is 11.5 Å². The molecule has 0 heterocycles. The summed E-state index contributed by atoms with van der Waals surface area (Å²) in [6.45, 7) is 6.44. The van der Waals surface area contributed by atoms with Crippen molar-refractivity contribution >= 4 is 15.9 Å². The SMILES string of the molecule is CCC(C)(C)c1ccc(Oc2ccc(C(F)(F)F)cc2)cc1Br. The molecule has 2 aromatic rings. The largest absolute Gasteiger partial charge is 0.457 e. The van der Waals surface area contributed by atoms with Gasteiger partial charge in [-0.2, -0.15) is 13.2 Å². The molecule has 2 aromatic carbocycles. The third-order valence-electron chi connectivity index (χ3n) is 3.97. The van der Waals surface area contributed by atoms with E-state index in [4.69, 9.17) is 4.74 Å². The zero-order chi connectivity index (χ0) is 17.3. The highest BCUT2D eigenvalue weighted by Gasteiger charge is 2.30. The third-order valence-corrected chi connectivity index (χ3v) is 4.63. The lowest BCUT2D eigenvalue weighted by Crippen LogP contribution is -2.16. The van der Waals surface area contributed by atoms with Gasteiger partial charge in [-0.15, -0.1) is 0 Å². The zero-order valence-electron chi connectivity index (χ0n) is 13.2. The molecule has 0 N–H and O–H groups in total. The topological polar surface area (TPSA) is 9.23 Å². The first-order valence-electron chi connectivity index (χ1n) is 7.28. The molecule has 1 nitrogen and oxygen atoms in total. The van der Waals surface area contributed by atoms with Gasteiger partial charge in [0.15, 0.2) is 0 Å². The van der Waals surface area contributed by atoms with Crippen LogP contribution >= 0.6 is 15.9 Å². The molecular formula is C18H18BrF3O. The quantitative estimate of drug-likeness (QED) is 0.552. The van der Waals surface area contributed by atoms with Crippen LogP contribution in [0.15, 0.2) is 46.9 Å². The fraction of sp³-hybridized carbons (Fsp3) is 0.333. The fourth-order valence-corrected chi connectivity index (χ4v) is 3.04. The summed E-state index contributed by atoms with van der Waals surface area (Å²) in [5.74, 6) is 0.944. The summed E-state index contributed by atoms with van der Waals surface area (Å²) in [6, 6.07) is 10.3. The van der Waals surface area contributed by atoms with Gasteiger partial charge in [0.05, 0.1) is 5.56 Å². The number of hydrogen-bond donors (Lipinski definition) is 0. The predicted octanol–water partition coefficient (Wildman–Crippen LogP) is 6.95. The zero-order valence-corrected chi connectivity index (χ0v) is 14.8. The third kappa shape index (κ3) is 4.28. The van der Waals surface area contributed by atoms with E-state index in [1.165, 1.54) is 17.7 Å². The van der Waals surface area contributed by atoms with Crippen LogP contribution in [0.25, 0.3) is 0 Å². The molecule has 124 valence electrons. The van der Waals surface area contributed by atoms with E-state index < -0.39 is 11.7 Å². The summed E-state index contributed by atoms with van der Waals surface area (Å²) >= 11 is 3.55. The van der Waals surface area contributed by atoms with Gasteiger partial charge >= 0.3 is 6.18 Å². The Morgan fingerprint density at radius 2 is 1.52 bits per heavy atom. The molecular weight excluding hydrogens is 369 g/mol. The average molecular weight is 387 g/mol. The Labute approximate surface area is 142 Å². The maximum absolute atomic E-state index is 12.5. The summed E-state index contributed by atoms with van der Waals surface area (Å²) in [5, 5.41) is 0. The van der Waals surface area contributed by atoms with Crippen LogP contribution in [-0.2, 0) is 11.6 Å². The highest BCUT2D eigenvalue weighted by Crippen LogP contribution is 2.36. The van der Waals surface area contributed by atoms with Gasteiger partial charge < -0.3 is 4.74 Å². The van der Waals surface area contributed by atoms with Crippen LogP contribution < -0.4 is 4.74 Å². The van der Waals surface area contributed by atoms with E-state index >= 15 is 0 Å². The van der Waals surface area contributed by atoms with Gasteiger partial charge in [-0.25, -0.2) is 0 Å². The first-order valence-corrected chi connectivity index (χ1v) is 8.08. The monoisotopic (exact) mass is 386 g/mol. The number of alkyl halides is 3. The summed E-state index contributed by atoms with van der Waals surface area (Å²) in [4.78, 5) is 0. The summed E-state index contributed by atoms with van der Waals surface area (Å²) in [6.07, 6.45) is -3.35. The number of halogens is 4. The molecule has 23 heavy (non-hydrogen) atoms. The molecule has 0 aliphatic rings. The molecule has 0 saturated heterocycles. The van der Waals surface area contributed by atoms with Crippen LogP contribution in [0, 0.1) is 0 Å². The summed E-state index contributed by atoms with van der Waals surface area (Å²) in [7, 11) is 0. The second kappa shape index (κ2) is 6.56. The van der Waals surface area contributed by atoms with Crippen LogP contribution in [0.3, 0.4) is 0 Å². The van der Waals surface area contributed by atoms with E-state index in [2.05, 4.69) is 36.7 Å². The molecule has 2 rings (SSSR count). The van der Waals surface area contributed by atoms with Crippen LogP contribution in [-0.4, -0.2) is 0 Å². The first kappa shape index (κ1) is 17.9. The van der Waals surface area contributed by atoms with Crippen LogP contribution in [0.5, 0.6) is 11.5 Å². The molecule has 0 amide bonds. The van der Waals surface area contributed by atoms with E-state index in [1.807, 2.05) is 18.2 Å². The smallest absolute Gasteiger partial charge is 0.416 e. The molecule has 0 aromatic heterocycles. The maximum atomic E-state index is 12.5. The van der Waals surface area contributed by atoms with Crippen molar-refractivity contribution in [2.24, 2.45) is 0 Å². The highest BCUT2D eigenvalue weighted by atomic mass is 79.9. The minimum atomic E-state index is -4.34. The number of benzene rings is 2. The fourth-order valence-electron chi connectivity index (χ4n) is 2.15. The lowest BCUT2D eigenvalue weighted by molar-refractivity contribution is -0.137. The Bertz CT molecular complexity index is 676. The van der Waals surface area contributed by atoms with Crippen molar-refractivity contribution in [1.82, 2.24) is 0 Å². The lowest BCUT2D eigenvalue weighted by atomic mass is 9.82. The highest BCUT2D eigenvalue weighted by molar-refractivity contribution is 9.10. The number of ether oxygens (including phenoxy) is 1. The van der Waals surface area contributed by atoms with Crippen molar-refractivity contribution in [2.75, 3.05) is 0 Å². The molecule has 0 spiro atoms. The van der Waals surface area contributed by atoms with E-state index in [9.17, 15) is 13.2 Å². The van der Waals surface area contributed by atoms with Crippen molar-refractivity contribution in [2.45, 2.75) is 38.8 Å². The predicted molar refractivity (Wildman–Crippen MR) is 89.0 cm³/mol. The first-order chi connectivity index (χ1) is 10.6. The van der Waals surface area contributed by atoms with E-state index in [-0.39, 0.29) is 5.41 Å². The Kier molecular flexibility index (Phi) is 5.09. The molecule has 0 saturated carbocycles. The average Bonchev–Trinajstić information content (AvgIpc) is 2.46. The molecule has 0 bridgehead atoms. The van der Waals surface area contributed by atoms with E-state index in [0.717, 1.165) is 23.0 Å². The van der Waals surface area contributed by atoms with Gasteiger partial charge in [0.25, 0.3) is 0 Å². The van der Waals surface area contributed by atoms with Crippen molar-refractivity contribution < 1.29 is 17.9 Å². The Morgan fingerprint density at radius 3 is 2.00 bits per heavy atom. The lowest BCUT2D eigenvalue weighted by Gasteiger charge is -2.25. The van der Waals surface area contributed by atoms with Crippen LogP contribution in [0.2, 0.25) is 0 Å². The standard InChI is InChI=1S/C18H18BrF3O/c1-4-17(2,3)15-10-9-14(11-16(15)19)23-13-7-5-12(6-8-13)18(20,21)22/h5-11H,4H2,1-3H3. The van der Waals surface area contributed by atoms with Gasteiger partial charge in [0, 0.05) is 4.47 Å². The molecule has 0 aliphatic carbocycles. The van der Waals surface area contributed by atoms with Gasteiger partial charge in [0.2, 0.25) is 0 Å². The van der Waals surface area contributed by atoms with Crippen LogP contribution in [0.1, 0.15) is 38.3 Å². The van der Waals surface area contributed by atoms with Gasteiger partial charge in [0.1, 0.15) is 11.5 Å². The summed E-state index contributed by atoms with van der Waals surface area (Å²) < 4.78 is 44.2. The van der Waals surface area contributed by atoms with Crippen molar-refractivity contribution in [3.05, 3.63) is 58.1 Å². The minimum absolute atomic E-state index is 0.0335. The van der Waals surface area contributed by atoms with Crippen molar-refractivity contribution in [3.8, 4) is 11.5 Å². The second-order valence-electron chi connectivity index (χ2n) is 6.00. The van der Waals surface area contributed by atoms with Crippen LogP contribution in [0.4, 0.5) is 13.2 Å². The van der Waals surface area contributed by atoms with E-state index in [1.54, 1.807) is 0 Å². The van der Waals surface area contributed by atoms with Crippen molar-refractivity contribution in [3.63, 3.8) is 0 Å².